The number of nitrogens with zero attached hydrogens (tertiary/aromatic N) is 2. The van der Waals surface area contributed by atoms with Crippen molar-refractivity contribution in [1.29, 1.82) is 0 Å². The molecule has 1 atom stereocenters. The number of ether oxygens (including phenoxy) is 2. The molecule has 152 valence electrons. The van der Waals surface area contributed by atoms with Crippen LogP contribution in [0.1, 0.15) is 23.6 Å². The van der Waals surface area contributed by atoms with E-state index in [0.717, 1.165) is 28.3 Å². The zero-order valence-electron chi connectivity index (χ0n) is 15.9. The molecule has 8 heteroatoms. The number of nitrogens with two attached hydrogens (primary N) is 1. The van der Waals surface area contributed by atoms with Crippen LogP contribution in [-0.4, -0.2) is 20.9 Å². The van der Waals surface area contributed by atoms with Crippen LogP contribution < -0.4 is 19.6 Å². The first-order valence-corrected chi connectivity index (χ1v) is 11.0. The van der Waals surface area contributed by atoms with Crippen molar-refractivity contribution in [3.8, 4) is 11.5 Å². The van der Waals surface area contributed by atoms with Crippen molar-refractivity contribution in [3.63, 3.8) is 0 Å². The molecule has 2 aliphatic rings. The first-order chi connectivity index (χ1) is 14.5. The third-order valence-electron chi connectivity index (χ3n) is 5.23. The number of anilines is 1. The lowest BCUT2D eigenvalue weighted by molar-refractivity contribution is 0.174. The molecule has 0 amide bonds. The van der Waals surface area contributed by atoms with E-state index in [1.54, 1.807) is 12.1 Å². The molecule has 5 rings (SSSR count). The van der Waals surface area contributed by atoms with E-state index in [-0.39, 0.29) is 17.7 Å². The Morgan fingerprint density at radius 1 is 0.933 bits per heavy atom. The van der Waals surface area contributed by atoms with E-state index in [1.807, 2.05) is 53.5 Å². The molecular formula is C22H19N3O4S. The Kier molecular flexibility index (Phi) is 4.45. The van der Waals surface area contributed by atoms with Crippen LogP contribution in [-0.2, 0) is 10.0 Å². The molecule has 0 saturated carbocycles. The Hall–Kier alpha value is -3.36. The summed E-state index contributed by atoms with van der Waals surface area (Å²) in [5.74, 6) is 1.44. The lowest BCUT2D eigenvalue weighted by Crippen LogP contribution is -2.19. The molecule has 3 aromatic carbocycles. The van der Waals surface area contributed by atoms with E-state index in [1.165, 1.54) is 12.1 Å². The molecule has 2 heterocycles. The lowest BCUT2D eigenvalue weighted by Gasteiger charge is -2.24. The third kappa shape index (κ3) is 3.40. The van der Waals surface area contributed by atoms with Crippen LogP contribution in [0.3, 0.4) is 0 Å². The van der Waals surface area contributed by atoms with Crippen molar-refractivity contribution in [2.75, 3.05) is 11.8 Å². The van der Waals surface area contributed by atoms with Gasteiger partial charge in [-0.2, -0.15) is 5.10 Å². The van der Waals surface area contributed by atoms with Crippen molar-refractivity contribution in [2.24, 2.45) is 10.2 Å². The highest BCUT2D eigenvalue weighted by Crippen LogP contribution is 2.41. The van der Waals surface area contributed by atoms with E-state index < -0.39 is 10.0 Å². The average molecular weight is 421 g/mol. The maximum absolute atomic E-state index is 11.6. The van der Waals surface area contributed by atoms with E-state index in [4.69, 9.17) is 19.7 Å². The van der Waals surface area contributed by atoms with Crippen molar-refractivity contribution in [2.45, 2.75) is 17.4 Å². The maximum atomic E-state index is 11.6. The van der Waals surface area contributed by atoms with Gasteiger partial charge in [-0.05, 0) is 47.5 Å². The van der Waals surface area contributed by atoms with Crippen LogP contribution in [0.25, 0.3) is 0 Å². The van der Waals surface area contributed by atoms with Crippen molar-refractivity contribution in [1.82, 2.24) is 0 Å². The summed E-state index contributed by atoms with van der Waals surface area (Å²) in [6.45, 7) is 0.216. The lowest BCUT2D eigenvalue weighted by atomic mass is 9.98. The summed E-state index contributed by atoms with van der Waals surface area (Å²) in [6.07, 6.45) is 0.695. The number of hydrogen-bond donors (Lipinski definition) is 1. The molecule has 0 aromatic heterocycles. The van der Waals surface area contributed by atoms with Gasteiger partial charge in [-0.1, -0.05) is 36.4 Å². The Morgan fingerprint density at radius 2 is 1.67 bits per heavy atom. The Balaban J connectivity index is 1.55. The normalized spacial score (nSPS) is 17.8. The van der Waals surface area contributed by atoms with Gasteiger partial charge in [0.2, 0.25) is 16.8 Å². The van der Waals surface area contributed by atoms with Gasteiger partial charge in [0.15, 0.2) is 11.5 Å². The standard InChI is InChI=1S/C22H19N3O4S/c23-30(26,27)18-9-7-17(8-10-18)25-20(13-19(24-25)15-4-2-1-3-5-15)16-6-11-21-22(12-16)29-14-28-21/h1-12,20H,13-14H2,(H2,23,26,27). The molecule has 1 unspecified atom stereocenters. The van der Waals surface area contributed by atoms with Crippen LogP contribution in [0.5, 0.6) is 11.5 Å². The SMILES string of the molecule is NS(=O)(=O)c1ccc(N2N=C(c3ccccc3)CC2c2ccc3c(c2)OCO3)cc1. The smallest absolute Gasteiger partial charge is 0.238 e. The minimum atomic E-state index is -3.75. The van der Waals surface area contributed by atoms with Crippen LogP contribution in [0.15, 0.2) is 82.8 Å². The van der Waals surface area contributed by atoms with Gasteiger partial charge in [0, 0.05) is 6.42 Å². The van der Waals surface area contributed by atoms with Gasteiger partial charge >= 0.3 is 0 Å². The fraction of sp³-hybridized carbons (Fsp3) is 0.136. The van der Waals surface area contributed by atoms with Crippen molar-refractivity contribution >= 4 is 21.4 Å². The molecule has 0 radical (unpaired) electrons. The second-order valence-corrected chi connectivity index (χ2v) is 8.69. The second-order valence-electron chi connectivity index (χ2n) is 7.13. The summed E-state index contributed by atoms with van der Waals surface area (Å²) in [5.41, 5.74) is 3.81. The highest BCUT2D eigenvalue weighted by molar-refractivity contribution is 7.89. The molecule has 2 aliphatic heterocycles. The number of hydrazone groups is 1. The van der Waals surface area contributed by atoms with Gasteiger partial charge in [0.1, 0.15) is 0 Å². The van der Waals surface area contributed by atoms with E-state index in [0.29, 0.717) is 12.2 Å². The number of primary sulfonamides is 1. The minimum absolute atomic E-state index is 0.0670. The zero-order chi connectivity index (χ0) is 20.7. The highest BCUT2D eigenvalue weighted by Gasteiger charge is 2.31. The predicted molar refractivity (Wildman–Crippen MR) is 113 cm³/mol. The number of benzene rings is 3. The zero-order valence-corrected chi connectivity index (χ0v) is 16.7. The molecule has 0 saturated heterocycles. The first-order valence-electron chi connectivity index (χ1n) is 9.43. The predicted octanol–water partition coefficient (Wildman–Crippen LogP) is 3.42. The number of hydrogen-bond acceptors (Lipinski definition) is 6. The van der Waals surface area contributed by atoms with Crippen molar-refractivity contribution < 1.29 is 17.9 Å². The molecule has 0 aliphatic carbocycles. The van der Waals surface area contributed by atoms with E-state index in [9.17, 15) is 8.42 Å². The second kappa shape index (κ2) is 7.16. The first kappa shape index (κ1) is 18.7. The monoisotopic (exact) mass is 421 g/mol. The average Bonchev–Trinajstić information content (AvgIpc) is 3.40. The molecule has 0 bridgehead atoms. The van der Waals surface area contributed by atoms with Gasteiger partial charge in [0.05, 0.1) is 22.3 Å². The number of fused-ring (bicyclic) bond motifs is 1. The number of sulfonamides is 1. The van der Waals surface area contributed by atoms with Gasteiger partial charge < -0.3 is 9.47 Å². The van der Waals surface area contributed by atoms with Gasteiger partial charge in [-0.25, -0.2) is 13.6 Å². The molecular weight excluding hydrogens is 402 g/mol. The van der Waals surface area contributed by atoms with Gasteiger partial charge in [-0.3, -0.25) is 5.01 Å². The summed E-state index contributed by atoms with van der Waals surface area (Å²) in [4.78, 5) is 0.0670. The molecule has 7 nitrogen and oxygen atoms in total. The highest BCUT2D eigenvalue weighted by atomic mass is 32.2. The summed E-state index contributed by atoms with van der Waals surface area (Å²) >= 11 is 0. The molecule has 0 fully saturated rings. The molecule has 3 aromatic rings. The van der Waals surface area contributed by atoms with Crippen LogP contribution in [0, 0.1) is 0 Å². The van der Waals surface area contributed by atoms with Crippen LogP contribution in [0.2, 0.25) is 0 Å². The van der Waals surface area contributed by atoms with Crippen LogP contribution in [0.4, 0.5) is 5.69 Å². The topological polar surface area (TPSA) is 94.2 Å². The largest absolute Gasteiger partial charge is 0.454 e. The fourth-order valence-corrected chi connectivity index (χ4v) is 4.24. The molecule has 2 N–H and O–H groups in total. The third-order valence-corrected chi connectivity index (χ3v) is 6.16. The Morgan fingerprint density at radius 3 is 2.40 bits per heavy atom. The minimum Gasteiger partial charge on any atom is -0.454 e. The number of rotatable bonds is 4. The van der Waals surface area contributed by atoms with Crippen LogP contribution >= 0.6 is 0 Å². The summed E-state index contributed by atoms with van der Waals surface area (Å²) < 4.78 is 34.2. The Labute approximate surface area is 174 Å². The summed E-state index contributed by atoms with van der Waals surface area (Å²) in [7, 11) is -3.75. The van der Waals surface area contributed by atoms with Crippen molar-refractivity contribution in [3.05, 3.63) is 83.9 Å². The van der Waals surface area contributed by atoms with E-state index in [2.05, 4.69) is 0 Å². The quantitative estimate of drug-likeness (QED) is 0.697. The van der Waals surface area contributed by atoms with Gasteiger partial charge in [0.25, 0.3) is 0 Å². The molecule has 30 heavy (non-hydrogen) atoms. The maximum Gasteiger partial charge on any atom is 0.238 e. The fourth-order valence-electron chi connectivity index (χ4n) is 3.72. The van der Waals surface area contributed by atoms with E-state index >= 15 is 0 Å². The summed E-state index contributed by atoms with van der Waals surface area (Å²) in [5, 5.41) is 12.0. The van der Waals surface area contributed by atoms with Gasteiger partial charge in [-0.15, -0.1) is 0 Å². The Bertz CT molecular complexity index is 1220. The summed E-state index contributed by atoms with van der Waals surface area (Å²) in [6, 6.07) is 22.2. The molecule has 0 spiro atoms.